The fourth-order valence-corrected chi connectivity index (χ4v) is 3.06. The van der Waals surface area contributed by atoms with Gasteiger partial charge in [-0.1, -0.05) is 30.3 Å². The lowest BCUT2D eigenvalue weighted by molar-refractivity contribution is 0.0342. The first kappa shape index (κ1) is 20.5. The Morgan fingerprint density at radius 1 is 1.35 bits per heavy atom. The van der Waals surface area contributed by atoms with Crippen LogP contribution in [0.1, 0.15) is 30.9 Å². The summed E-state index contributed by atoms with van der Waals surface area (Å²) in [4.78, 5) is 9.47. The second-order valence-corrected chi connectivity index (χ2v) is 6.73. The van der Waals surface area contributed by atoms with E-state index < -0.39 is 0 Å². The van der Waals surface area contributed by atoms with Crippen LogP contribution < -0.4 is 5.32 Å². The molecule has 0 amide bonds. The zero-order valence-corrected chi connectivity index (χ0v) is 16.4. The Hall–Kier alpha value is -1.85. The Kier molecular flexibility index (Phi) is 9.21. The Labute approximate surface area is 158 Å². The van der Waals surface area contributed by atoms with Crippen molar-refractivity contribution in [3.63, 3.8) is 0 Å². The maximum Gasteiger partial charge on any atom is 0.193 e. The summed E-state index contributed by atoms with van der Waals surface area (Å²) in [7, 11) is 2.10. The number of benzene rings is 1. The topological polar surface area (TPSA) is 40.1 Å². The third-order valence-corrected chi connectivity index (χ3v) is 4.51. The van der Waals surface area contributed by atoms with Gasteiger partial charge in [-0.25, -0.2) is 4.99 Å². The third-order valence-electron chi connectivity index (χ3n) is 4.51. The highest BCUT2D eigenvalue weighted by molar-refractivity contribution is 5.79. The number of guanidine groups is 1. The van der Waals surface area contributed by atoms with E-state index in [1.165, 1.54) is 11.1 Å². The standard InChI is InChI=1S/C21H34N4O/c1-4-6-7-11-24(3)21(22-5-2)23-17-19-9-8-10-20(16-19)18-25-12-14-26-15-13-25/h4,8-10,16H,1,5-7,11-15,17-18H2,2-3H3,(H,22,23). The number of hydrogen-bond donors (Lipinski definition) is 1. The van der Waals surface area contributed by atoms with Gasteiger partial charge in [0.25, 0.3) is 0 Å². The normalized spacial score (nSPS) is 15.7. The monoisotopic (exact) mass is 358 g/mol. The van der Waals surface area contributed by atoms with Gasteiger partial charge < -0.3 is 15.0 Å². The summed E-state index contributed by atoms with van der Waals surface area (Å²) < 4.78 is 5.43. The lowest BCUT2D eigenvalue weighted by Crippen LogP contribution is -2.39. The van der Waals surface area contributed by atoms with Crippen LogP contribution in [0.5, 0.6) is 0 Å². The molecule has 1 aliphatic heterocycles. The molecule has 1 N–H and O–H groups in total. The van der Waals surface area contributed by atoms with E-state index in [2.05, 4.69) is 59.9 Å². The van der Waals surface area contributed by atoms with Crippen LogP contribution >= 0.6 is 0 Å². The fourth-order valence-electron chi connectivity index (χ4n) is 3.06. The lowest BCUT2D eigenvalue weighted by atomic mass is 10.1. The molecule has 0 aromatic heterocycles. The molecule has 0 atom stereocenters. The number of nitrogens with zero attached hydrogens (tertiary/aromatic N) is 3. The summed E-state index contributed by atoms with van der Waals surface area (Å²) in [6, 6.07) is 8.78. The van der Waals surface area contributed by atoms with Crippen molar-refractivity contribution in [2.75, 3.05) is 46.4 Å². The molecule has 2 rings (SSSR count). The number of aliphatic imine (C=N–C) groups is 1. The van der Waals surface area contributed by atoms with Crippen molar-refractivity contribution in [1.29, 1.82) is 0 Å². The molecule has 1 aliphatic rings. The summed E-state index contributed by atoms with van der Waals surface area (Å²) >= 11 is 0. The summed E-state index contributed by atoms with van der Waals surface area (Å²) in [6.07, 6.45) is 4.10. The molecule has 0 unspecified atom stereocenters. The molecule has 0 saturated carbocycles. The van der Waals surface area contributed by atoms with E-state index >= 15 is 0 Å². The maximum atomic E-state index is 5.43. The fraction of sp³-hybridized carbons (Fsp3) is 0.571. The highest BCUT2D eigenvalue weighted by atomic mass is 16.5. The van der Waals surface area contributed by atoms with E-state index in [1.807, 2.05) is 6.08 Å². The number of nitrogens with one attached hydrogen (secondary N) is 1. The van der Waals surface area contributed by atoms with E-state index in [0.29, 0.717) is 6.54 Å². The molecule has 0 radical (unpaired) electrons. The zero-order chi connectivity index (χ0) is 18.6. The Balaban J connectivity index is 1.94. The smallest absolute Gasteiger partial charge is 0.193 e. The van der Waals surface area contributed by atoms with E-state index in [-0.39, 0.29) is 0 Å². The van der Waals surface area contributed by atoms with Crippen LogP contribution in [0.25, 0.3) is 0 Å². The van der Waals surface area contributed by atoms with Crippen molar-refractivity contribution in [3.05, 3.63) is 48.0 Å². The molecule has 1 heterocycles. The van der Waals surface area contributed by atoms with Crippen molar-refractivity contribution in [2.45, 2.75) is 32.9 Å². The van der Waals surface area contributed by atoms with Crippen LogP contribution in [0.2, 0.25) is 0 Å². The van der Waals surface area contributed by atoms with E-state index in [0.717, 1.165) is 64.7 Å². The Bertz CT molecular complexity index is 567. The van der Waals surface area contributed by atoms with Crippen LogP contribution in [0.4, 0.5) is 0 Å². The van der Waals surface area contributed by atoms with Crippen molar-refractivity contribution in [2.24, 2.45) is 4.99 Å². The van der Waals surface area contributed by atoms with Crippen LogP contribution in [-0.4, -0.2) is 62.2 Å². The van der Waals surface area contributed by atoms with Gasteiger partial charge in [-0.3, -0.25) is 4.90 Å². The molecular weight excluding hydrogens is 324 g/mol. The number of morpholine rings is 1. The summed E-state index contributed by atoms with van der Waals surface area (Å²) in [6.45, 7) is 13.2. The van der Waals surface area contributed by atoms with Crippen molar-refractivity contribution < 1.29 is 4.74 Å². The number of unbranched alkanes of at least 4 members (excludes halogenated alkanes) is 1. The van der Waals surface area contributed by atoms with Crippen LogP contribution in [-0.2, 0) is 17.8 Å². The third kappa shape index (κ3) is 7.18. The Morgan fingerprint density at radius 3 is 2.85 bits per heavy atom. The molecule has 5 heteroatoms. The predicted octanol–water partition coefficient (Wildman–Crippen LogP) is 2.88. The predicted molar refractivity (Wildman–Crippen MR) is 109 cm³/mol. The Morgan fingerprint density at radius 2 is 2.12 bits per heavy atom. The highest BCUT2D eigenvalue weighted by Crippen LogP contribution is 2.11. The van der Waals surface area contributed by atoms with E-state index in [1.54, 1.807) is 0 Å². The van der Waals surface area contributed by atoms with Gasteiger partial charge in [-0.15, -0.1) is 6.58 Å². The van der Waals surface area contributed by atoms with Crippen molar-refractivity contribution >= 4 is 5.96 Å². The summed E-state index contributed by atoms with van der Waals surface area (Å²) in [5.41, 5.74) is 2.61. The molecule has 1 fully saturated rings. The zero-order valence-electron chi connectivity index (χ0n) is 16.4. The second-order valence-electron chi connectivity index (χ2n) is 6.73. The average molecular weight is 359 g/mol. The first-order valence-corrected chi connectivity index (χ1v) is 9.71. The van der Waals surface area contributed by atoms with Crippen LogP contribution in [0, 0.1) is 0 Å². The number of hydrogen-bond acceptors (Lipinski definition) is 3. The van der Waals surface area contributed by atoms with Gasteiger partial charge in [0.15, 0.2) is 5.96 Å². The van der Waals surface area contributed by atoms with Crippen molar-refractivity contribution in [3.8, 4) is 0 Å². The molecule has 1 aromatic carbocycles. The molecule has 5 nitrogen and oxygen atoms in total. The lowest BCUT2D eigenvalue weighted by Gasteiger charge is -2.26. The summed E-state index contributed by atoms with van der Waals surface area (Å²) in [5, 5.41) is 3.39. The SMILES string of the molecule is C=CCCCN(C)C(=NCc1cccc(CN2CCOCC2)c1)NCC. The van der Waals surface area contributed by atoms with Gasteiger partial charge >= 0.3 is 0 Å². The first-order valence-electron chi connectivity index (χ1n) is 9.71. The number of allylic oxidation sites excluding steroid dienone is 1. The molecule has 1 aromatic rings. The molecule has 0 spiro atoms. The van der Waals surface area contributed by atoms with Crippen molar-refractivity contribution in [1.82, 2.24) is 15.1 Å². The number of rotatable bonds is 9. The maximum absolute atomic E-state index is 5.43. The van der Waals surface area contributed by atoms with Gasteiger partial charge in [0.2, 0.25) is 0 Å². The minimum absolute atomic E-state index is 0.699. The van der Waals surface area contributed by atoms with Gasteiger partial charge in [-0.2, -0.15) is 0 Å². The quantitative estimate of drug-likeness (QED) is 0.319. The van der Waals surface area contributed by atoms with Crippen LogP contribution in [0.3, 0.4) is 0 Å². The molecule has 1 saturated heterocycles. The molecule has 0 bridgehead atoms. The number of ether oxygens (including phenoxy) is 1. The van der Waals surface area contributed by atoms with E-state index in [4.69, 9.17) is 9.73 Å². The average Bonchev–Trinajstić information content (AvgIpc) is 2.66. The van der Waals surface area contributed by atoms with Crippen LogP contribution in [0.15, 0.2) is 41.9 Å². The molecule has 26 heavy (non-hydrogen) atoms. The summed E-state index contributed by atoms with van der Waals surface area (Å²) in [5.74, 6) is 0.968. The minimum Gasteiger partial charge on any atom is -0.379 e. The van der Waals surface area contributed by atoms with Gasteiger partial charge in [0.1, 0.15) is 0 Å². The highest BCUT2D eigenvalue weighted by Gasteiger charge is 2.11. The molecule has 0 aliphatic carbocycles. The second kappa shape index (κ2) is 11.7. The molecule has 144 valence electrons. The van der Waals surface area contributed by atoms with E-state index in [9.17, 15) is 0 Å². The van der Waals surface area contributed by atoms with Gasteiger partial charge in [0.05, 0.1) is 19.8 Å². The van der Waals surface area contributed by atoms with Gasteiger partial charge in [0, 0.05) is 39.8 Å². The first-order chi connectivity index (χ1) is 12.7. The largest absolute Gasteiger partial charge is 0.379 e. The van der Waals surface area contributed by atoms with Gasteiger partial charge in [-0.05, 0) is 30.9 Å². The molecular formula is C21H34N4O. The minimum atomic E-state index is 0.699.